The third-order valence-corrected chi connectivity index (χ3v) is 4.31. The normalized spacial score (nSPS) is 13.4. The second kappa shape index (κ2) is 15.3. The van der Waals surface area contributed by atoms with Crippen molar-refractivity contribution in [3.63, 3.8) is 0 Å². The number of methoxy groups -OCH3 is 1. The Morgan fingerprint density at radius 3 is 2.77 bits per heavy atom. The molecule has 31 heavy (non-hydrogen) atoms. The number of rotatable bonds is 13. The number of fused-ring (bicyclic) bond motifs is 1. The molecule has 1 aliphatic heterocycles. The maximum absolute atomic E-state index is 11.5. The molecule has 0 aliphatic carbocycles. The van der Waals surface area contributed by atoms with Crippen molar-refractivity contribution in [1.82, 2.24) is 5.32 Å². The number of nitrogens with one attached hydrogen (secondary N) is 2. The summed E-state index contributed by atoms with van der Waals surface area (Å²) in [4.78, 5) is 16.1. The van der Waals surface area contributed by atoms with Gasteiger partial charge in [-0.25, -0.2) is 0 Å². The molecular weight excluding hydrogens is 402 g/mol. The number of benzene rings is 1. The van der Waals surface area contributed by atoms with E-state index in [9.17, 15) is 4.79 Å². The molecule has 0 saturated carbocycles. The summed E-state index contributed by atoms with van der Waals surface area (Å²) in [7, 11) is 1.65. The standard InChI is InChI=1S/C22H35N3O6/c1-3-29-21(26)7-4-10-23-22(24-11-5-12-28-16-15-27-2)25-18-8-9-19-20(17-18)31-14-6-13-30-19/h8-9,17H,3-7,10-16H2,1-2H3,(H2,23,24,25). The highest BCUT2D eigenvalue weighted by atomic mass is 16.5. The topological polar surface area (TPSA) is 99.6 Å². The summed E-state index contributed by atoms with van der Waals surface area (Å²) in [6, 6.07) is 5.73. The van der Waals surface area contributed by atoms with Crippen molar-refractivity contribution in [3.05, 3.63) is 18.2 Å². The van der Waals surface area contributed by atoms with Crippen LogP contribution < -0.4 is 20.1 Å². The highest BCUT2D eigenvalue weighted by Gasteiger charge is 2.11. The van der Waals surface area contributed by atoms with Crippen LogP contribution in [0.4, 0.5) is 5.69 Å². The van der Waals surface area contributed by atoms with Crippen LogP contribution in [0.15, 0.2) is 23.2 Å². The SMILES string of the molecule is CCOC(=O)CCCN=C(NCCCOCCOC)Nc1ccc2c(c1)OCCCO2. The van der Waals surface area contributed by atoms with Crippen LogP contribution in [0.5, 0.6) is 11.5 Å². The summed E-state index contributed by atoms with van der Waals surface area (Å²) in [6.07, 6.45) is 2.65. The van der Waals surface area contributed by atoms with E-state index in [0.717, 1.165) is 30.0 Å². The molecule has 0 aromatic heterocycles. The Labute approximate surface area is 184 Å². The second-order valence-corrected chi connectivity index (χ2v) is 6.86. The molecule has 1 aromatic rings. The van der Waals surface area contributed by atoms with Crippen molar-refractivity contribution in [2.24, 2.45) is 4.99 Å². The van der Waals surface area contributed by atoms with Crippen molar-refractivity contribution < 1.29 is 28.5 Å². The lowest BCUT2D eigenvalue weighted by Crippen LogP contribution is -2.32. The lowest BCUT2D eigenvalue weighted by atomic mass is 10.2. The van der Waals surface area contributed by atoms with Gasteiger partial charge in [0, 0.05) is 51.4 Å². The Morgan fingerprint density at radius 2 is 1.97 bits per heavy atom. The van der Waals surface area contributed by atoms with Gasteiger partial charge in [-0.1, -0.05) is 0 Å². The number of hydrogen-bond donors (Lipinski definition) is 2. The van der Waals surface area contributed by atoms with E-state index < -0.39 is 0 Å². The lowest BCUT2D eigenvalue weighted by Gasteiger charge is -2.15. The molecule has 0 bridgehead atoms. The van der Waals surface area contributed by atoms with E-state index in [2.05, 4.69) is 15.6 Å². The summed E-state index contributed by atoms with van der Waals surface area (Å²) >= 11 is 0. The highest BCUT2D eigenvalue weighted by molar-refractivity contribution is 5.94. The number of guanidine groups is 1. The molecule has 0 fully saturated rings. The number of esters is 1. The predicted molar refractivity (Wildman–Crippen MR) is 119 cm³/mol. The van der Waals surface area contributed by atoms with Crippen molar-refractivity contribution in [2.75, 3.05) is 65.2 Å². The maximum Gasteiger partial charge on any atom is 0.305 e. The molecule has 1 aliphatic rings. The molecule has 0 radical (unpaired) electrons. The summed E-state index contributed by atoms with van der Waals surface area (Å²) in [5, 5.41) is 6.60. The van der Waals surface area contributed by atoms with Crippen LogP contribution >= 0.6 is 0 Å². The Kier molecular flexibility index (Phi) is 12.2. The van der Waals surface area contributed by atoms with Gasteiger partial charge >= 0.3 is 5.97 Å². The molecule has 1 heterocycles. The first kappa shape index (κ1) is 24.7. The van der Waals surface area contributed by atoms with E-state index in [0.29, 0.717) is 71.5 Å². The zero-order valence-electron chi connectivity index (χ0n) is 18.6. The number of nitrogens with zero attached hydrogens (tertiary/aromatic N) is 1. The molecular formula is C22H35N3O6. The fourth-order valence-corrected chi connectivity index (χ4v) is 2.79. The molecule has 2 N–H and O–H groups in total. The van der Waals surface area contributed by atoms with Gasteiger partial charge in [0.05, 0.1) is 33.0 Å². The monoisotopic (exact) mass is 437 g/mol. The molecule has 9 heteroatoms. The van der Waals surface area contributed by atoms with Crippen LogP contribution in [-0.2, 0) is 19.0 Å². The minimum atomic E-state index is -0.198. The number of carbonyl (C=O) groups is 1. The van der Waals surface area contributed by atoms with Gasteiger partial charge < -0.3 is 34.3 Å². The first-order valence-electron chi connectivity index (χ1n) is 10.9. The van der Waals surface area contributed by atoms with Crippen molar-refractivity contribution in [1.29, 1.82) is 0 Å². The molecule has 174 valence electrons. The van der Waals surface area contributed by atoms with Gasteiger partial charge in [0.2, 0.25) is 0 Å². The van der Waals surface area contributed by atoms with E-state index in [1.54, 1.807) is 14.0 Å². The van der Waals surface area contributed by atoms with E-state index in [1.807, 2.05) is 18.2 Å². The van der Waals surface area contributed by atoms with Crippen LogP contribution in [-0.4, -0.2) is 71.8 Å². The summed E-state index contributed by atoms with van der Waals surface area (Å²) in [5.41, 5.74) is 0.845. The molecule has 0 spiro atoms. The quantitative estimate of drug-likeness (QED) is 0.210. The molecule has 0 amide bonds. The Hall–Kier alpha value is -2.52. The highest BCUT2D eigenvalue weighted by Crippen LogP contribution is 2.32. The molecule has 0 saturated heterocycles. The third-order valence-electron chi connectivity index (χ3n) is 4.31. The predicted octanol–water partition coefficient (Wildman–Crippen LogP) is 2.60. The van der Waals surface area contributed by atoms with Crippen LogP contribution in [0.2, 0.25) is 0 Å². The van der Waals surface area contributed by atoms with Gasteiger partial charge in [-0.2, -0.15) is 0 Å². The van der Waals surface area contributed by atoms with E-state index in [4.69, 9.17) is 23.7 Å². The number of carbonyl (C=O) groups excluding carboxylic acids is 1. The zero-order chi connectivity index (χ0) is 22.2. The fourth-order valence-electron chi connectivity index (χ4n) is 2.79. The van der Waals surface area contributed by atoms with Crippen molar-refractivity contribution >= 4 is 17.6 Å². The van der Waals surface area contributed by atoms with Crippen LogP contribution in [0.1, 0.15) is 32.6 Å². The van der Waals surface area contributed by atoms with E-state index in [-0.39, 0.29) is 5.97 Å². The van der Waals surface area contributed by atoms with Gasteiger partial charge in [0.25, 0.3) is 0 Å². The largest absolute Gasteiger partial charge is 0.490 e. The van der Waals surface area contributed by atoms with Crippen LogP contribution in [0.3, 0.4) is 0 Å². The van der Waals surface area contributed by atoms with Crippen LogP contribution in [0.25, 0.3) is 0 Å². The summed E-state index contributed by atoms with van der Waals surface area (Å²) in [5.74, 6) is 1.90. The maximum atomic E-state index is 11.5. The number of aliphatic imine (C=N–C) groups is 1. The van der Waals surface area contributed by atoms with Gasteiger partial charge in [-0.05, 0) is 31.9 Å². The number of anilines is 1. The first-order valence-corrected chi connectivity index (χ1v) is 10.9. The Balaban J connectivity index is 1.88. The Bertz CT molecular complexity index is 683. The molecule has 0 atom stereocenters. The molecule has 2 rings (SSSR count). The average Bonchev–Trinajstić information content (AvgIpc) is 3.01. The Morgan fingerprint density at radius 1 is 1.13 bits per heavy atom. The minimum absolute atomic E-state index is 0.198. The van der Waals surface area contributed by atoms with Gasteiger partial charge in [0.1, 0.15) is 0 Å². The summed E-state index contributed by atoms with van der Waals surface area (Å²) < 4.78 is 26.9. The number of ether oxygens (including phenoxy) is 5. The van der Waals surface area contributed by atoms with Gasteiger partial charge in [-0.3, -0.25) is 9.79 Å². The lowest BCUT2D eigenvalue weighted by molar-refractivity contribution is -0.143. The van der Waals surface area contributed by atoms with Crippen molar-refractivity contribution in [3.8, 4) is 11.5 Å². The number of hydrogen-bond acceptors (Lipinski definition) is 7. The second-order valence-electron chi connectivity index (χ2n) is 6.86. The van der Waals surface area contributed by atoms with Gasteiger partial charge in [-0.15, -0.1) is 0 Å². The van der Waals surface area contributed by atoms with E-state index in [1.165, 1.54) is 0 Å². The molecule has 0 unspecified atom stereocenters. The smallest absolute Gasteiger partial charge is 0.305 e. The fraction of sp³-hybridized carbons (Fsp3) is 0.636. The van der Waals surface area contributed by atoms with Crippen LogP contribution in [0, 0.1) is 0 Å². The van der Waals surface area contributed by atoms with E-state index >= 15 is 0 Å². The van der Waals surface area contributed by atoms with Gasteiger partial charge in [0.15, 0.2) is 17.5 Å². The molecule has 9 nitrogen and oxygen atoms in total. The van der Waals surface area contributed by atoms with Crippen molar-refractivity contribution in [2.45, 2.75) is 32.6 Å². The summed E-state index contributed by atoms with van der Waals surface area (Å²) in [6.45, 7) is 6.49. The zero-order valence-corrected chi connectivity index (χ0v) is 18.6. The first-order chi connectivity index (χ1) is 15.2. The average molecular weight is 438 g/mol. The molecule has 1 aromatic carbocycles. The third kappa shape index (κ3) is 10.4. The minimum Gasteiger partial charge on any atom is -0.490 e.